The smallest absolute Gasteiger partial charge is 0.220 e. The Bertz CT molecular complexity index is 559. The van der Waals surface area contributed by atoms with Gasteiger partial charge in [0.15, 0.2) is 0 Å². The number of hydrogen-bond acceptors (Lipinski definition) is 3. The largest absolute Gasteiger partial charge is 0.353 e. The van der Waals surface area contributed by atoms with Gasteiger partial charge in [0.05, 0.1) is 0 Å². The number of nitrogens with one attached hydrogen (secondary N) is 3. The summed E-state index contributed by atoms with van der Waals surface area (Å²) in [7, 11) is 0. The number of hydrazine groups is 1. The minimum Gasteiger partial charge on any atom is -0.353 e. The van der Waals surface area contributed by atoms with Gasteiger partial charge in [-0.15, -0.1) is 0 Å². The lowest BCUT2D eigenvalue weighted by Gasteiger charge is -2.29. The second kappa shape index (κ2) is 8.28. The molecule has 138 valence electrons. The minimum absolute atomic E-state index is 0.177. The minimum atomic E-state index is -0.180. The van der Waals surface area contributed by atoms with E-state index >= 15 is 0 Å². The van der Waals surface area contributed by atoms with Crippen molar-refractivity contribution in [3.63, 3.8) is 0 Å². The molecule has 0 bridgehead atoms. The molecule has 1 aliphatic heterocycles. The molecule has 0 spiro atoms. The lowest BCUT2D eigenvalue weighted by Crippen LogP contribution is -2.38. The van der Waals surface area contributed by atoms with Gasteiger partial charge in [-0.1, -0.05) is 12.1 Å². The number of rotatable bonds is 5. The lowest BCUT2D eigenvalue weighted by atomic mass is 9.81. The van der Waals surface area contributed by atoms with Crippen LogP contribution in [0.1, 0.15) is 63.9 Å². The summed E-state index contributed by atoms with van der Waals surface area (Å²) >= 11 is 0. The van der Waals surface area contributed by atoms with E-state index in [1.165, 1.54) is 17.7 Å². The van der Waals surface area contributed by atoms with Crippen LogP contribution in [0.2, 0.25) is 0 Å². The highest BCUT2D eigenvalue weighted by Gasteiger charge is 2.30. The standard InChI is InChI=1S/C20H30FN3O/c1-13-19(14(2)24-23-13)11-12-20(25)22-18-9-5-16(6-10-18)15-3-7-17(21)8-4-15/h3-4,7-8,13-14,16,18-19,23-24H,5-6,9-12H2,1-2H3,(H,22,25). The number of amides is 1. The van der Waals surface area contributed by atoms with Crippen LogP contribution in [-0.2, 0) is 4.79 Å². The number of carbonyl (C=O) groups excluding carboxylic acids is 1. The monoisotopic (exact) mass is 347 g/mol. The number of benzene rings is 1. The molecule has 2 aliphatic rings. The molecule has 3 rings (SSSR count). The average Bonchev–Trinajstić information content (AvgIpc) is 2.93. The molecule has 1 aliphatic carbocycles. The van der Waals surface area contributed by atoms with Crippen molar-refractivity contribution in [1.29, 1.82) is 0 Å². The lowest BCUT2D eigenvalue weighted by molar-refractivity contribution is -0.122. The molecule has 1 amide bonds. The molecule has 3 N–H and O–H groups in total. The van der Waals surface area contributed by atoms with E-state index in [-0.39, 0.29) is 11.7 Å². The van der Waals surface area contributed by atoms with Crippen LogP contribution in [0.25, 0.3) is 0 Å². The SMILES string of the molecule is CC1NNC(C)C1CCC(=O)NC1CCC(c2ccc(F)cc2)CC1. The first-order valence-corrected chi connectivity index (χ1v) is 9.59. The summed E-state index contributed by atoms with van der Waals surface area (Å²) in [5, 5.41) is 3.21. The molecular formula is C20H30FN3O. The Morgan fingerprint density at radius 1 is 1.08 bits per heavy atom. The zero-order chi connectivity index (χ0) is 17.8. The molecule has 1 saturated heterocycles. The van der Waals surface area contributed by atoms with Crippen molar-refractivity contribution in [1.82, 2.24) is 16.2 Å². The fourth-order valence-electron chi connectivity index (χ4n) is 4.31. The predicted molar refractivity (Wildman–Crippen MR) is 97.5 cm³/mol. The summed E-state index contributed by atoms with van der Waals surface area (Å²) in [5.41, 5.74) is 7.70. The number of halogens is 1. The Morgan fingerprint density at radius 3 is 2.28 bits per heavy atom. The Morgan fingerprint density at radius 2 is 1.68 bits per heavy atom. The van der Waals surface area contributed by atoms with Gasteiger partial charge in [0.2, 0.25) is 5.91 Å². The maximum atomic E-state index is 13.0. The second-order valence-electron chi connectivity index (χ2n) is 7.74. The highest BCUT2D eigenvalue weighted by molar-refractivity contribution is 5.76. The van der Waals surface area contributed by atoms with E-state index in [0.717, 1.165) is 32.1 Å². The third-order valence-electron chi connectivity index (χ3n) is 5.96. The van der Waals surface area contributed by atoms with Crippen molar-refractivity contribution < 1.29 is 9.18 Å². The van der Waals surface area contributed by atoms with Crippen molar-refractivity contribution in [2.45, 2.75) is 76.4 Å². The molecule has 5 heteroatoms. The fourth-order valence-corrected chi connectivity index (χ4v) is 4.31. The number of hydrogen-bond donors (Lipinski definition) is 3. The summed E-state index contributed by atoms with van der Waals surface area (Å²) in [6.45, 7) is 4.32. The van der Waals surface area contributed by atoms with Gasteiger partial charge in [-0.3, -0.25) is 15.6 Å². The van der Waals surface area contributed by atoms with Crippen LogP contribution in [0.4, 0.5) is 4.39 Å². The molecule has 2 unspecified atom stereocenters. The van der Waals surface area contributed by atoms with Crippen molar-refractivity contribution >= 4 is 5.91 Å². The molecule has 1 aromatic rings. The van der Waals surface area contributed by atoms with Gasteiger partial charge in [0, 0.05) is 24.5 Å². The maximum absolute atomic E-state index is 13.0. The molecule has 25 heavy (non-hydrogen) atoms. The third-order valence-corrected chi connectivity index (χ3v) is 5.96. The van der Waals surface area contributed by atoms with Gasteiger partial charge in [-0.05, 0) is 75.5 Å². The highest BCUT2D eigenvalue weighted by atomic mass is 19.1. The zero-order valence-corrected chi connectivity index (χ0v) is 15.2. The zero-order valence-electron chi connectivity index (χ0n) is 15.2. The first kappa shape index (κ1) is 18.3. The van der Waals surface area contributed by atoms with Crippen LogP contribution in [0.5, 0.6) is 0 Å². The van der Waals surface area contributed by atoms with Gasteiger partial charge in [-0.2, -0.15) is 0 Å². The van der Waals surface area contributed by atoms with Gasteiger partial charge < -0.3 is 5.32 Å². The Kier molecular flexibility index (Phi) is 6.07. The quantitative estimate of drug-likeness (QED) is 0.766. The summed E-state index contributed by atoms with van der Waals surface area (Å²) in [6.07, 6.45) is 5.64. The molecule has 0 aromatic heterocycles. The van der Waals surface area contributed by atoms with E-state index in [2.05, 4.69) is 30.0 Å². The van der Waals surface area contributed by atoms with Crippen LogP contribution < -0.4 is 16.2 Å². The summed E-state index contributed by atoms with van der Waals surface area (Å²) < 4.78 is 13.0. The Labute approximate surface area is 149 Å². The first-order valence-electron chi connectivity index (χ1n) is 9.59. The van der Waals surface area contributed by atoms with E-state index in [1.807, 2.05) is 12.1 Å². The number of carbonyl (C=O) groups is 1. The Hall–Kier alpha value is -1.46. The second-order valence-corrected chi connectivity index (χ2v) is 7.74. The molecule has 1 heterocycles. The molecule has 4 nitrogen and oxygen atoms in total. The molecule has 0 radical (unpaired) electrons. The maximum Gasteiger partial charge on any atom is 0.220 e. The summed E-state index contributed by atoms with van der Waals surface area (Å²) in [6, 6.07) is 7.98. The van der Waals surface area contributed by atoms with E-state index in [4.69, 9.17) is 0 Å². The summed E-state index contributed by atoms with van der Waals surface area (Å²) in [4.78, 5) is 12.3. The summed E-state index contributed by atoms with van der Waals surface area (Å²) in [5.74, 6) is 0.989. The van der Waals surface area contributed by atoms with Crippen LogP contribution in [-0.4, -0.2) is 24.0 Å². The highest BCUT2D eigenvalue weighted by Crippen LogP contribution is 2.33. The van der Waals surface area contributed by atoms with Crippen LogP contribution in [0.15, 0.2) is 24.3 Å². The topological polar surface area (TPSA) is 53.2 Å². The van der Waals surface area contributed by atoms with Crippen molar-refractivity contribution in [2.75, 3.05) is 0 Å². The van der Waals surface area contributed by atoms with Gasteiger partial charge in [-0.25, -0.2) is 4.39 Å². The van der Waals surface area contributed by atoms with E-state index in [9.17, 15) is 9.18 Å². The van der Waals surface area contributed by atoms with E-state index in [1.54, 1.807) is 0 Å². The first-order chi connectivity index (χ1) is 12.0. The van der Waals surface area contributed by atoms with Crippen LogP contribution >= 0.6 is 0 Å². The van der Waals surface area contributed by atoms with Gasteiger partial charge in [0.25, 0.3) is 0 Å². The molecule has 2 atom stereocenters. The van der Waals surface area contributed by atoms with Crippen molar-refractivity contribution in [3.05, 3.63) is 35.6 Å². The van der Waals surface area contributed by atoms with Crippen molar-refractivity contribution in [3.8, 4) is 0 Å². The van der Waals surface area contributed by atoms with E-state index < -0.39 is 0 Å². The average molecular weight is 347 g/mol. The molecule has 1 saturated carbocycles. The van der Waals surface area contributed by atoms with Gasteiger partial charge >= 0.3 is 0 Å². The fraction of sp³-hybridized carbons (Fsp3) is 0.650. The molecule has 2 fully saturated rings. The molecular weight excluding hydrogens is 317 g/mol. The third kappa shape index (κ3) is 4.79. The van der Waals surface area contributed by atoms with Crippen molar-refractivity contribution in [2.24, 2.45) is 5.92 Å². The predicted octanol–water partition coefficient (Wildman–Crippen LogP) is 3.25. The van der Waals surface area contributed by atoms with Crippen LogP contribution in [0.3, 0.4) is 0 Å². The normalized spacial score (nSPS) is 32.5. The molecule has 1 aromatic carbocycles. The Balaban J connectivity index is 1.39. The van der Waals surface area contributed by atoms with E-state index in [0.29, 0.717) is 36.4 Å². The van der Waals surface area contributed by atoms with Gasteiger partial charge in [0.1, 0.15) is 5.82 Å². The van der Waals surface area contributed by atoms with Crippen LogP contribution in [0, 0.1) is 11.7 Å².